The summed E-state index contributed by atoms with van der Waals surface area (Å²) in [5, 5.41) is 7.64. The number of fused-ring (bicyclic) bond motifs is 22. The predicted molar refractivity (Wildman–Crippen MR) is 320 cm³/mol. The quantitative estimate of drug-likeness (QED) is 0.155. The minimum Gasteiger partial charge on any atom is -0.247 e. The lowest BCUT2D eigenvalue weighted by molar-refractivity contribution is 0.750. The van der Waals surface area contributed by atoms with Gasteiger partial charge in [-0.2, -0.15) is 0 Å². The minimum absolute atomic E-state index is 0.291. The molecule has 0 amide bonds. The number of aromatic nitrogens is 2. The molecular formula is C75H52N2. The molecule has 0 saturated heterocycles. The molecule has 5 aliphatic carbocycles. The minimum atomic E-state index is 0.291. The highest BCUT2D eigenvalue weighted by molar-refractivity contribution is 6.23. The van der Waals surface area contributed by atoms with E-state index in [1.807, 2.05) is 0 Å². The summed E-state index contributed by atoms with van der Waals surface area (Å²) in [5.41, 5.74) is 28.4. The highest BCUT2D eigenvalue weighted by Crippen LogP contribution is 2.62. The summed E-state index contributed by atoms with van der Waals surface area (Å²) >= 11 is 0. The maximum atomic E-state index is 5.94. The van der Waals surface area contributed by atoms with Gasteiger partial charge in [-0.25, -0.2) is 9.97 Å². The lowest BCUT2D eigenvalue weighted by Gasteiger charge is -2.27. The van der Waals surface area contributed by atoms with E-state index in [1.165, 1.54) is 132 Å². The van der Waals surface area contributed by atoms with Gasteiger partial charge in [0.25, 0.3) is 0 Å². The molecule has 5 aliphatic rings. The first-order chi connectivity index (χ1) is 38.1. The van der Waals surface area contributed by atoms with Crippen LogP contribution < -0.4 is 0 Å². The molecule has 0 radical (unpaired) electrons. The van der Waals surface area contributed by atoms with Crippen LogP contribution in [0.2, 0.25) is 0 Å². The van der Waals surface area contributed by atoms with Crippen LogP contribution in [0.25, 0.3) is 105 Å². The van der Waals surface area contributed by atoms with E-state index in [2.05, 4.69) is 237 Å². The topological polar surface area (TPSA) is 25.8 Å². The third kappa shape index (κ3) is 6.36. The lowest BCUT2D eigenvalue weighted by atomic mass is 9.78. The summed E-state index contributed by atoms with van der Waals surface area (Å²) in [4.78, 5) is 11.9. The molecule has 10 aromatic carbocycles. The summed E-state index contributed by atoms with van der Waals surface area (Å²) in [6, 6.07) is 79.7. The molecule has 2 heteroatoms. The molecule has 2 nitrogen and oxygen atoms in total. The van der Waals surface area contributed by atoms with Gasteiger partial charge in [0.2, 0.25) is 0 Å². The molecule has 2 aromatic heterocycles. The molecule has 0 N–H and O–H groups in total. The zero-order valence-electron chi connectivity index (χ0n) is 42.8. The molecule has 0 spiro atoms. The van der Waals surface area contributed by atoms with Crippen LogP contribution in [0.1, 0.15) is 99.9 Å². The Kier molecular flexibility index (Phi) is 9.28. The highest BCUT2D eigenvalue weighted by Gasteiger charge is 2.46. The Bertz CT molecular complexity index is 4560. The summed E-state index contributed by atoms with van der Waals surface area (Å²) in [6.07, 6.45) is 10.2. The molecule has 77 heavy (non-hydrogen) atoms. The fourth-order valence-corrected chi connectivity index (χ4v) is 15.3. The Hall–Kier alpha value is -8.98. The van der Waals surface area contributed by atoms with Crippen LogP contribution in [0, 0.1) is 5.92 Å². The molecule has 0 aliphatic heterocycles. The van der Waals surface area contributed by atoms with Gasteiger partial charge in [0.1, 0.15) is 0 Å². The van der Waals surface area contributed by atoms with E-state index in [9.17, 15) is 0 Å². The van der Waals surface area contributed by atoms with Crippen molar-refractivity contribution in [3.05, 3.63) is 281 Å². The second-order valence-corrected chi connectivity index (χ2v) is 22.6. The zero-order valence-corrected chi connectivity index (χ0v) is 42.8. The third-order valence-corrected chi connectivity index (χ3v) is 18.5. The first kappa shape index (κ1) is 43.3. The van der Waals surface area contributed by atoms with E-state index in [1.54, 1.807) is 0 Å². The number of nitrogens with zero attached hydrogens (tertiary/aromatic N) is 2. The summed E-state index contributed by atoms with van der Waals surface area (Å²) < 4.78 is 0. The average molecular weight is 981 g/mol. The maximum absolute atomic E-state index is 5.94. The first-order valence-corrected chi connectivity index (χ1v) is 27.8. The number of pyridine rings is 2. The fraction of sp³-hybridized carbons (Fsp3) is 0.120. The Labute approximate surface area is 448 Å². The number of rotatable bonds is 6. The van der Waals surface area contributed by atoms with Gasteiger partial charge in [-0.15, -0.1) is 0 Å². The fourth-order valence-electron chi connectivity index (χ4n) is 15.3. The molecule has 0 fully saturated rings. The van der Waals surface area contributed by atoms with Crippen LogP contribution in [0.5, 0.6) is 0 Å². The van der Waals surface area contributed by atoms with Crippen molar-refractivity contribution in [2.24, 2.45) is 5.92 Å². The van der Waals surface area contributed by atoms with Crippen molar-refractivity contribution in [3.63, 3.8) is 0 Å². The monoisotopic (exact) mass is 980 g/mol. The van der Waals surface area contributed by atoms with Gasteiger partial charge in [0, 0.05) is 45.6 Å². The summed E-state index contributed by atoms with van der Waals surface area (Å²) in [7, 11) is 0. The molecule has 2 heterocycles. The highest BCUT2D eigenvalue weighted by atomic mass is 14.7. The molecule has 5 unspecified atom stereocenters. The van der Waals surface area contributed by atoms with Crippen LogP contribution in [-0.2, 0) is 0 Å². The van der Waals surface area contributed by atoms with Crippen molar-refractivity contribution < 1.29 is 0 Å². The first-order valence-electron chi connectivity index (χ1n) is 27.8. The van der Waals surface area contributed by atoms with Gasteiger partial charge in [-0.05, 0) is 172 Å². The molecule has 5 atom stereocenters. The molecule has 0 saturated carbocycles. The van der Waals surface area contributed by atoms with Crippen LogP contribution in [-0.4, -0.2) is 9.97 Å². The van der Waals surface area contributed by atoms with E-state index in [4.69, 9.17) is 9.97 Å². The van der Waals surface area contributed by atoms with Crippen LogP contribution in [0.3, 0.4) is 0 Å². The number of allylic oxidation sites excluding steroid dienone is 4. The van der Waals surface area contributed by atoms with E-state index < -0.39 is 0 Å². The van der Waals surface area contributed by atoms with E-state index in [0.717, 1.165) is 41.7 Å². The summed E-state index contributed by atoms with van der Waals surface area (Å²) in [5.74, 6) is 1.59. The van der Waals surface area contributed by atoms with Crippen molar-refractivity contribution in [1.29, 1.82) is 0 Å². The van der Waals surface area contributed by atoms with Gasteiger partial charge in [-0.3, -0.25) is 0 Å². The van der Waals surface area contributed by atoms with Crippen molar-refractivity contribution in [3.8, 4) is 55.9 Å². The van der Waals surface area contributed by atoms with E-state index >= 15 is 0 Å². The standard InChI is InChI=1S/C75H52N2/c1-43-18-15-27-49(34-43)69-61-40-65-66(76-74(50-28-16-25-47(35-50)44-19-5-2-6-20-44)73-59-38-57(71(65)73)53-31-12-14-33-55(53)59)41-62(61)68(46-23-9-4-10-24-46)60-39-64-67(42-63(60)69)77-75(51-29-17-26-48(36-51)45-21-7-3-8-22-45)72-58-37-56(70(64)72)52-30-11-13-32-54(52)58/h2-33,35-36,39-43,56-59H,34,37-38H2,1H3. The van der Waals surface area contributed by atoms with Crippen LogP contribution in [0.4, 0.5) is 0 Å². The summed E-state index contributed by atoms with van der Waals surface area (Å²) in [6.45, 7) is 2.36. The van der Waals surface area contributed by atoms with Crippen molar-refractivity contribution in [2.45, 2.75) is 49.9 Å². The molecule has 4 bridgehead atoms. The Morgan fingerprint density at radius 2 is 0.727 bits per heavy atom. The Morgan fingerprint density at radius 3 is 1.21 bits per heavy atom. The van der Waals surface area contributed by atoms with Gasteiger partial charge >= 0.3 is 0 Å². The third-order valence-electron chi connectivity index (χ3n) is 18.5. The molecule has 17 rings (SSSR count). The molecule has 12 aromatic rings. The Morgan fingerprint density at radius 1 is 0.338 bits per heavy atom. The van der Waals surface area contributed by atoms with Crippen molar-refractivity contribution in [2.75, 3.05) is 0 Å². The molecular weight excluding hydrogens is 929 g/mol. The second-order valence-electron chi connectivity index (χ2n) is 22.6. The van der Waals surface area contributed by atoms with Gasteiger partial charge in [0.05, 0.1) is 22.4 Å². The average Bonchev–Trinajstić information content (AvgIpc) is 4.49. The Balaban J connectivity index is 0.996. The van der Waals surface area contributed by atoms with Crippen LogP contribution in [0.15, 0.2) is 231 Å². The van der Waals surface area contributed by atoms with E-state index in [-0.39, 0.29) is 0 Å². The number of benzene rings is 10. The van der Waals surface area contributed by atoms with Crippen molar-refractivity contribution in [1.82, 2.24) is 9.97 Å². The normalized spacial score (nSPS) is 19.2. The number of hydrogen-bond acceptors (Lipinski definition) is 2. The SMILES string of the molecule is CC1C=CC=C(c2c3cc4c5c(c(-c6cccc(-c7ccccc7)c6)nc4cc3c(-c3ccccc3)c3cc4c6c(c(-c7cccc(-c8ccccc8)c7)nc4cc23)C2CC6c3ccccc32)C2CC5c3ccccc32)C1. The second kappa shape index (κ2) is 16.5. The smallest absolute Gasteiger partial charge is 0.0751 e. The van der Waals surface area contributed by atoms with Crippen LogP contribution >= 0.6 is 0 Å². The largest absolute Gasteiger partial charge is 0.247 e. The van der Waals surface area contributed by atoms with E-state index in [0.29, 0.717) is 29.6 Å². The number of hydrogen-bond donors (Lipinski definition) is 0. The predicted octanol–water partition coefficient (Wildman–Crippen LogP) is 19.4. The lowest BCUT2D eigenvalue weighted by Crippen LogP contribution is -2.08. The van der Waals surface area contributed by atoms with Gasteiger partial charge in [-0.1, -0.05) is 201 Å². The van der Waals surface area contributed by atoms with Gasteiger partial charge in [0.15, 0.2) is 0 Å². The van der Waals surface area contributed by atoms with Gasteiger partial charge < -0.3 is 0 Å². The van der Waals surface area contributed by atoms with Crippen molar-refractivity contribution >= 4 is 48.9 Å². The maximum Gasteiger partial charge on any atom is 0.0751 e. The molecule has 362 valence electrons. The zero-order chi connectivity index (χ0) is 50.5.